The number of aryl methyl sites for hydroxylation is 1. The van der Waals surface area contributed by atoms with Crippen molar-refractivity contribution in [3.63, 3.8) is 0 Å². The van der Waals surface area contributed by atoms with E-state index in [9.17, 15) is 4.79 Å². The Balaban J connectivity index is 1.99. The van der Waals surface area contributed by atoms with Crippen LogP contribution in [0.15, 0.2) is 36.7 Å². The standard InChI is InChI=1S/C15H18N4O2/c1-11-5-3-4-6-13(11)19-15-17-9-12(10-18-15)14(20)16-7-8-21-2/h3-6,9-10H,7-8H2,1-2H3,(H,16,20)(H,17,18,19). The SMILES string of the molecule is COCCNC(=O)c1cnc(Nc2ccccc2C)nc1. The number of aromatic nitrogens is 2. The Bertz CT molecular complexity index is 599. The zero-order valence-corrected chi connectivity index (χ0v) is 12.1. The molecule has 1 aromatic carbocycles. The number of amides is 1. The molecule has 21 heavy (non-hydrogen) atoms. The molecule has 0 aliphatic carbocycles. The van der Waals surface area contributed by atoms with E-state index < -0.39 is 0 Å². The maximum absolute atomic E-state index is 11.8. The second-order valence-corrected chi connectivity index (χ2v) is 4.48. The van der Waals surface area contributed by atoms with E-state index in [1.165, 1.54) is 12.4 Å². The van der Waals surface area contributed by atoms with Crippen LogP contribution in [-0.4, -0.2) is 36.1 Å². The van der Waals surface area contributed by atoms with E-state index in [2.05, 4.69) is 20.6 Å². The molecule has 2 rings (SSSR count). The molecule has 0 saturated heterocycles. The van der Waals surface area contributed by atoms with E-state index in [0.717, 1.165) is 11.3 Å². The summed E-state index contributed by atoms with van der Waals surface area (Å²) in [6.45, 7) is 2.93. The van der Waals surface area contributed by atoms with Crippen LogP contribution in [0.5, 0.6) is 0 Å². The minimum absolute atomic E-state index is 0.213. The molecule has 110 valence electrons. The Hall–Kier alpha value is -2.47. The predicted octanol–water partition coefficient (Wildman–Crippen LogP) is 1.90. The molecule has 0 radical (unpaired) electrons. The second kappa shape index (κ2) is 7.35. The van der Waals surface area contributed by atoms with Gasteiger partial charge in [-0.15, -0.1) is 0 Å². The van der Waals surface area contributed by atoms with Gasteiger partial charge in [-0.2, -0.15) is 0 Å². The largest absolute Gasteiger partial charge is 0.383 e. The van der Waals surface area contributed by atoms with Gasteiger partial charge in [0, 0.05) is 31.7 Å². The van der Waals surface area contributed by atoms with Crippen LogP contribution in [0.4, 0.5) is 11.6 Å². The number of anilines is 2. The van der Waals surface area contributed by atoms with Crippen LogP contribution in [0.3, 0.4) is 0 Å². The molecule has 0 bridgehead atoms. The van der Waals surface area contributed by atoms with E-state index in [1.54, 1.807) is 7.11 Å². The molecule has 0 saturated carbocycles. The van der Waals surface area contributed by atoms with Gasteiger partial charge in [-0.05, 0) is 18.6 Å². The number of ether oxygens (including phenoxy) is 1. The van der Waals surface area contributed by atoms with E-state index in [4.69, 9.17) is 4.74 Å². The lowest BCUT2D eigenvalue weighted by Crippen LogP contribution is -2.27. The van der Waals surface area contributed by atoms with Gasteiger partial charge < -0.3 is 15.4 Å². The number of para-hydroxylation sites is 1. The van der Waals surface area contributed by atoms with Gasteiger partial charge in [0.1, 0.15) is 0 Å². The van der Waals surface area contributed by atoms with Crippen molar-refractivity contribution in [2.24, 2.45) is 0 Å². The second-order valence-electron chi connectivity index (χ2n) is 4.48. The third kappa shape index (κ3) is 4.25. The number of carbonyl (C=O) groups is 1. The smallest absolute Gasteiger partial charge is 0.254 e. The summed E-state index contributed by atoms with van der Waals surface area (Å²) in [6, 6.07) is 7.85. The molecule has 1 amide bonds. The fourth-order valence-corrected chi connectivity index (χ4v) is 1.71. The summed E-state index contributed by atoms with van der Waals surface area (Å²) in [6.07, 6.45) is 2.99. The summed E-state index contributed by atoms with van der Waals surface area (Å²) in [5.41, 5.74) is 2.46. The first-order valence-corrected chi connectivity index (χ1v) is 6.62. The molecule has 0 aliphatic rings. The van der Waals surface area contributed by atoms with Crippen molar-refractivity contribution >= 4 is 17.5 Å². The Labute approximate surface area is 123 Å². The van der Waals surface area contributed by atoms with Gasteiger partial charge in [0.25, 0.3) is 5.91 Å². The average Bonchev–Trinajstić information content (AvgIpc) is 2.50. The van der Waals surface area contributed by atoms with Crippen LogP contribution in [0.25, 0.3) is 0 Å². The number of carbonyl (C=O) groups excluding carboxylic acids is 1. The molecule has 0 fully saturated rings. The summed E-state index contributed by atoms with van der Waals surface area (Å²) in [5.74, 6) is 0.243. The van der Waals surface area contributed by atoms with Crippen molar-refractivity contribution in [2.75, 3.05) is 25.6 Å². The normalized spacial score (nSPS) is 10.2. The van der Waals surface area contributed by atoms with Crippen LogP contribution >= 0.6 is 0 Å². The number of rotatable bonds is 6. The fraction of sp³-hybridized carbons (Fsp3) is 0.267. The zero-order valence-electron chi connectivity index (χ0n) is 12.1. The highest BCUT2D eigenvalue weighted by molar-refractivity contribution is 5.93. The Morgan fingerprint density at radius 2 is 1.95 bits per heavy atom. The molecule has 0 atom stereocenters. The summed E-state index contributed by atoms with van der Waals surface area (Å²) < 4.78 is 4.87. The molecule has 1 heterocycles. The lowest BCUT2D eigenvalue weighted by Gasteiger charge is -2.08. The number of nitrogens with zero attached hydrogens (tertiary/aromatic N) is 2. The van der Waals surface area contributed by atoms with Gasteiger partial charge in [-0.25, -0.2) is 9.97 Å². The minimum atomic E-state index is -0.213. The maximum Gasteiger partial charge on any atom is 0.254 e. The Morgan fingerprint density at radius 1 is 1.24 bits per heavy atom. The van der Waals surface area contributed by atoms with Crippen molar-refractivity contribution < 1.29 is 9.53 Å². The molecule has 1 aromatic heterocycles. The maximum atomic E-state index is 11.8. The molecular weight excluding hydrogens is 268 g/mol. The van der Waals surface area contributed by atoms with Gasteiger partial charge in [0.05, 0.1) is 12.2 Å². The lowest BCUT2D eigenvalue weighted by atomic mass is 10.2. The lowest BCUT2D eigenvalue weighted by molar-refractivity contribution is 0.0936. The highest BCUT2D eigenvalue weighted by atomic mass is 16.5. The molecule has 6 heteroatoms. The third-order valence-corrected chi connectivity index (χ3v) is 2.90. The quantitative estimate of drug-likeness (QED) is 0.793. The van der Waals surface area contributed by atoms with E-state index in [-0.39, 0.29) is 5.91 Å². The van der Waals surface area contributed by atoms with Crippen molar-refractivity contribution in [2.45, 2.75) is 6.92 Å². The van der Waals surface area contributed by atoms with Crippen LogP contribution < -0.4 is 10.6 Å². The average molecular weight is 286 g/mol. The van der Waals surface area contributed by atoms with Gasteiger partial charge in [-0.1, -0.05) is 18.2 Å². The topological polar surface area (TPSA) is 76.1 Å². The van der Waals surface area contributed by atoms with Gasteiger partial charge >= 0.3 is 0 Å². The Kier molecular flexibility index (Phi) is 5.22. The number of hydrogen-bond donors (Lipinski definition) is 2. The molecule has 0 spiro atoms. The highest BCUT2D eigenvalue weighted by Gasteiger charge is 2.07. The van der Waals surface area contributed by atoms with E-state index in [1.807, 2.05) is 31.2 Å². The van der Waals surface area contributed by atoms with Crippen LogP contribution in [-0.2, 0) is 4.74 Å². The van der Waals surface area contributed by atoms with Crippen molar-refractivity contribution in [1.82, 2.24) is 15.3 Å². The molecule has 2 aromatic rings. The molecule has 2 N–H and O–H groups in total. The Morgan fingerprint density at radius 3 is 2.62 bits per heavy atom. The third-order valence-electron chi connectivity index (χ3n) is 2.90. The van der Waals surface area contributed by atoms with Gasteiger partial charge in [-0.3, -0.25) is 4.79 Å². The van der Waals surface area contributed by atoms with E-state index in [0.29, 0.717) is 24.7 Å². The first-order valence-electron chi connectivity index (χ1n) is 6.62. The van der Waals surface area contributed by atoms with Gasteiger partial charge in [0.2, 0.25) is 5.95 Å². The minimum Gasteiger partial charge on any atom is -0.383 e. The first-order chi connectivity index (χ1) is 10.2. The zero-order chi connectivity index (χ0) is 15.1. The monoisotopic (exact) mass is 286 g/mol. The van der Waals surface area contributed by atoms with Crippen LogP contribution in [0.1, 0.15) is 15.9 Å². The summed E-state index contributed by atoms with van der Waals surface area (Å²) in [4.78, 5) is 20.1. The number of nitrogens with one attached hydrogen (secondary N) is 2. The van der Waals surface area contributed by atoms with E-state index >= 15 is 0 Å². The van der Waals surface area contributed by atoms with Gasteiger partial charge in [0.15, 0.2) is 0 Å². The van der Waals surface area contributed by atoms with Crippen molar-refractivity contribution in [3.8, 4) is 0 Å². The molecule has 0 aliphatic heterocycles. The summed E-state index contributed by atoms with van der Waals surface area (Å²) in [5, 5.41) is 5.83. The number of methoxy groups -OCH3 is 1. The molecular formula is C15H18N4O2. The van der Waals surface area contributed by atoms with Crippen molar-refractivity contribution in [3.05, 3.63) is 47.8 Å². The molecule has 6 nitrogen and oxygen atoms in total. The first kappa shape index (κ1) is 14.9. The highest BCUT2D eigenvalue weighted by Crippen LogP contribution is 2.16. The summed E-state index contributed by atoms with van der Waals surface area (Å²) in [7, 11) is 1.58. The summed E-state index contributed by atoms with van der Waals surface area (Å²) >= 11 is 0. The van der Waals surface area contributed by atoms with Crippen LogP contribution in [0, 0.1) is 6.92 Å². The van der Waals surface area contributed by atoms with Crippen LogP contribution in [0.2, 0.25) is 0 Å². The molecule has 0 unspecified atom stereocenters. The predicted molar refractivity (Wildman–Crippen MR) is 80.7 cm³/mol. The fourth-order valence-electron chi connectivity index (χ4n) is 1.71. The number of benzene rings is 1. The van der Waals surface area contributed by atoms with Crippen molar-refractivity contribution in [1.29, 1.82) is 0 Å². The number of hydrogen-bond acceptors (Lipinski definition) is 5.